The molecule has 3 N–H and O–H groups in total. The van der Waals surface area contributed by atoms with Gasteiger partial charge in [-0.15, -0.1) is 0 Å². The van der Waals surface area contributed by atoms with Crippen molar-refractivity contribution in [2.75, 3.05) is 6.54 Å². The zero-order valence-electron chi connectivity index (χ0n) is 12.1. The molecule has 0 aromatic heterocycles. The number of hydrogen-bond donors (Lipinski definition) is 3. The van der Waals surface area contributed by atoms with Gasteiger partial charge in [0, 0.05) is 5.70 Å². The maximum Gasteiger partial charge on any atom is 0.103 e. The second kappa shape index (κ2) is 5.96. The average Bonchev–Trinajstić information content (AvgIpc) is 2.47. The minimum atomic E-state index is 0.110. The maximum atomic E-state index is 6.03. The number of fused-ring (bicyclic) bond motifs is 1. The van der Waals surface area contributed by atoms with Crippen molar-refractivity contribution in [1.29, 1.82) is 0 Å². The van der Waals surface area contributed by atoms with E-state index >= 15 is 0 Å². The summed E-state index contributed by atoms with van der Waals surface area (Å²) in [7, 11) is 0. The van der Waals surface area contributed by atoms with E-state index in [4.69, 9.17) is 11.6 Å². The third-order valence-electron chi connectivity index (χ3n) is 4.04. The summed E-state index contributed by atoms with van der Waals surface area (Å²) in [4.78, 5) is 0. The molecule has 0 saturated carbocycles. The van der Waals surface area contributed by atoms with Crippen molar-refractivity contribution in [2.45, 2.75) is 25.6 Å². The fourth-order valence-electron chi connectivity index (χ4n) is 2.91. The van der Waals surface area contributed by atoms with Crippen LogP contribution in [0.25, 0.3) is 5.70 Å². The molecule has 4 heteroatoms. The minimum absolute atomic E-state index is 0.110. The van der Waals surface area contributed by atoms with Gasteiger partial charge in [0.15, 0.2) is 0 Å². The van der Waals surface area contributed by atoms with Crippen LogP contribution in [-0.2, 0) is 0 Å². The van der Waals surface area contributed by atoms with Gasteiger partial charge in [0.2, 0.25) is 0 Å². The summed E-state index contributed by atoms with van der Waals surface area (Å²) < 4.78 is 0. The number of nitrogens with one attached hydrogen (secondary N) is 3. The molecule has 2 heterocycles. The van der Waals surface area contributed by atoms with E-state index in [1.54, 1.807) is 0 Å². The molecule has 0 aliphatic carbocycles. The van der Waals surface area contributed by atoms with Crippen molar-refractivity contribution in [3.05, 3.63) is 64.9 Å². The molecule has 1 fully saturated rings. The largest absolute Gasteiger partial charge is 0.378 e. The summed E-state index contributed by atoms with van der Waals surface area (Å²) in [6.07, 6.45) is 5.14. The summed E-state index contributed by atoms with van der Waals surface area (Å²) in [6, 6.07) is 8.58. The molecule has 0 amide bonds. The first-order valence-electron chi connectivity index (χ1n) is 7.24. The van der Waals surface area contributed by atoms with Crippen LogP contribution in [0.4, 0.5) is 0 Å². The average molecular weight is 302 g/mol. The van der Waals surface area contributed by atoms with Gasteiger partial charge in [-0.2, -0.15) is 0 Å². The highest BCUT2D eigenvalue weighted by molar-refractivity contribution is 6.29. The first-order valence-corrected chi connectivity index (χ1v) is 7.61. The van der Waals surface area contributed by atoms with Crippen LogP contribution in [0.1, 0.15) is 17.5 Å². The lowest BCUT2D eigenvalue weighted by molar-refractivity contribution is 0.403. The van der Waals surface area contributed by atoms with Gasteiger partial charge in [0.25, 0.3) is 0 Å². The van der Waals surface area contributed by atoms with Crippen molar-refractivity contribution in [2.24, 2.45) is 0 Å². The predicted octanol–water partition coefficient (Wildman–Crippen LogP) is 2.85. The summed E-state index contributed by atoms with van der Waals surface area (Å²) in [5, 5.41) is 10.9. The van der Waals surface area contributed by atoms with Crippen molar-refractivity contribution in [3.8, 4) is 0 Å². The van der Waals surface area contributed by atoms with Gasteiger partial charge in [-0.1, -0.05) is 48.5 Å². The molecular weight excluding hydrogens is 282 g/mol. The molecule has 2 aliphatic rings. The third-order valence-corrected chi connectivity index (χ3v) is 4.28. The highest BCUT2D eigenvalue weighted by Gasteiger charge is 2.29. The standard InChI is InChI=1S/C17H20ClN3/c1-11-5-3-4-6-13(11)12(2)20-15-9-10-19-17-14(15)7-8-16(18)21-17/h3-8,15,17,19-21H,2,9-10H2,1H3. The fraction of sp³-hybridized carbons (Fsp3) is 0.294. The van der Waals surface area contributed by atoms with Crippen molar-refractivity contribution in [3.63, 3.8) is 0 Å². The number of hydrogen-bond acceptors (Lipinski definition) is 3. The molecule has 2 aliphatic heterocycles. The van der Waals surface area contributed by atoms with E-state index in [0.717, 1.165) is 18.7 Å². The summed E-state index contributed by atoms with van der Waals surface area (Å²) in [6.45, 7) is 7.26. The molecule has 0 bridgehead atoms. The Morgan fingerprint density at radius 1 is 1.33 bits per heavy atom. The van der Waals surface area contributed by atoms with Crippen LogP contribution in [0.3, 0.4) is 0 Å². The molecule has 2 unspecified atom stereocenters. The second-order valence-corrected chi connectivity index (χ2v) is 5.90. The van der Waals surface area contributed by atoms with E-state index in [1.165, 1.54) is 16.7 Å². The first kappa shape index (κ1) is 14.2. The number of benzene rings is 1. The van der Waals surface area contributed by atoms with E-state index < -0.39 is 0 Å². The SMILES string of the molecule is C=C(NC1CCNC2NC(Cl)=CC=C12)c1ccccc1C. The Bertz CT molecular complexity index is 618. The van der Waals surface area contributed by atoms with Gasteiger partial charge >= 0.3 is 0 Å². The van der Waals surface area contributed by atoms with E-state index in [0.29, 0.717) is 5.16 Å². The van der Waals surface area contributed by atoms with Crippen LogP contribution in [0.15, 0.2) is 53.7 Å². The second-order valence-electron chi connectivity index (χ2n) is 5.49. The van der Waals surface area contributed by atoms with Gasteiger partial charge in [-0.3, -0.25) is 5.32 Å². The summed E-state index contributed by atoms with van der Waals surface area (Å²) in [5.41, 5.74) is 4.66. The molecule has 0 spiro atoms. The van der Waals surface area contributed by atoms with Crippen LogP contribution < -0.4 is 16.0 Å². The van der Waals surface area contributed by atoms with Crippen molar-refractivity contribution < 1.29 is 0 Å². The lowest BCUT2D eigenvalue weighted by atomic mass is 9.94. The van der Waals surface area contributed by atoms with Crippen LogP contribution in [-0.4, -0.2) is 18.8 Å². The minimum Gasteiger partial charge on any atom is -0.378 e. The lowest BCUT2D eigenvalue weighted by Gasteiger charge is -2.37. The molecule has 1 saturated heterocycles. The highest BCUT2D eigenvalue weighted by Crippen LogP contribution is 2.23. The molecule has 1 aromatic carbocycles. The van der Waals surface area contributed by atoms with Gasteiger partial charge in [-0.25, -0.2) is 0 Å². The Morgan fingerprint density at radius 3 is 2.95 bits per heavy atom. The molecular formula is C17H20ClN3. The van der Waals surface area contributed by atoms with E-state index in [1.807, 2.05) is 18.2 Å². The highest BCUT2D eigenvalue weighted by atomic mass is 35.5. The smallest absolute Gasteiger partial charge is 0.103 e. The Hall–Kier alpha value is -1.71. The van der Waals surface area contributed by atoms with Crippen LogP contribution >= 0.6 is 11.6 Å². The zero-order chi connectivity index (χ0) is 14.8. The van der Waals surface area contributed by atoms with Crippen molar-refractivity contribution >= 4 is 17.3 Å². The van der Waals surface area contributed by atoms with Crippen LogP contribution in [0, 0.1) is 6.92 Å². The lowest BCUT2D eigenvalue weighted by Crippen LogP contribution is -2.54. The summed E-state index contributed by atoms with van der Waals surface area (Å²) >= 11 is 6.03. The predicted molar refractivity (Wildman–Crippen MR) is 88.7 cm³/mol. The fourth-order valence-corrected chi connectivity index (χ4v) is 3.09. The number of aryl methyl sites for hydroxylation is 1. The number of piperidine rings is 1. The third kappa shape index (κ3) is 2.99. The van der Waals surface area contributed by atoms with Crippen LogP contribution in [0.2, 0.25) is 0 Å². The number of dihydropyridines is 1. The topological polar surface area (TPSA) is 36.1 Å². The van der Waals surface area contributed by atoms with E-state index in [-0.39, 0.29) is 12.2 Å². The van der Waals surface area contributed by atoms with Gasteiger partial charge in [-0.05, 0) is 42.7 Å². The zero-order valence-corrected chi connectivity index (χ0v) is 12.9. The molecule has 21 heavy (non-hydrogen) atoms. The van der Waals surface area contributed by atoms with Crippen LogP contribution in [0.5, 0.6) is 0 Å². The monoisotopic (exact) mass is 301 g/mol. The number of rotatable bonds is 3. The summed E-state index contributed by atoms with van der Waals surface area (Å²) in [5.74, 6) is 0. The molecule has 3 nitrogen and oxygen atoms in total. The quantitative estimate of drug-likeness (QED) is 0.751. The Morgan fingerprint density at radius 2 is 2.14 bits per heavy atom. The maximum absolute atomic E-state index is 6.03. The Balaban J connectivity index is 1.78. The van der Waals surface area contributed by atoms with Gasteiger partial charge in [0.1, 0.15) is 11.3 Å². The van der Waals surface area contributed by atoms with E-state index in [2.05, 4.69) is 47.7 Å². The molecule has 3 rings (SSSR count). The molecule has 1 aromatic rings. The number of halogens is 1. The molecule has 2 atom stereocenters. The molecule has 0 radical (unpaired) electrons. The van der Waals surface area contributed by atoms with E-state index in [9.17, 15) is 0 Å². The first-order chi connectivity index (χ1) is 10.1. The van der Waals surface area contributed by atoms with Gasteiger partial charge < -0.3 is 10.6 Å². The molecule has 110 valence electrons. The Labute approximate surface area is 130 Å². The van der Waals surface area contributed by atoms with Gasteiger partial charge in [0.05, 0.1) is 6.04 Å². The number of allylic oxidation sites excluding steroid dienone is 2. The normalized spacial score (nSPS) is 24.3. The Kier molecular flexibility index (Phi) is 4.04. The van der Waals surface area contributed by atoms with Crippen molar-refractivity contribution in [1.82, 2.24) is 16.0 Å².